The number of rotatable bonds is 14. The highest BCUT2D eigenvalue weighted by Gasteiger charge is 2.47. The van der Waals surface area contributed by atoms with Gasteiger partial charge >= 0.3 is 5.97 Å². The number of hydrogen-bond donors (Lipinski definition) is 2. The van der Waals surface area contributed by atoms with Crippen LogP contribution in [0.25, 0.3) is 0 Å². The molecule has 0 fully saturated rings. The maximum absolute atomic E-state index is 13.4. The summed E-state index contributed by atoms with van der Waals surface area (Å²) in [6, 6.07) is 22.9. The van der Waals surface area contributed by atoms with Crippen molar-refractivity contribution in [3.8, 4) is 5.75 Å². The van der Waals surface area contributed by atoms with Crippen LogP contribution in [-0.4, -0.2) is 31.8 Å². The molecule has 1 amide bonds. The molecule has 3 aromatic rings. The van der Waals surface area contributed by atoms with Crippen LogP contribution in [0, 0.1) is 0 Å². The van der Waals surface area contributed by atoms with Gasteiger partial charge in [0, 0.05) is 11.3 Å². The van der Waals surface area contributed by atoms with E-state index < -0.39 is 25.9 Å². The van der Waals surface area contributed by atoms with Gasteiger partial charge in [-0.15, -0.1) is 0 Å². The molecule has 0 aromatic heterocycles. The second-order valence-electron chi connectivity index (χ2n) is 14.1. The van der Waals surface area contributed by atoms with Crippen LogP contribution in [0.4, 0.5) is 5.69 Å². The SMILES string of the molecule is CC(C)[Si](Oc1ccc(CCc2cc(C(=O)N[C@@H](CCc3ccccc3)C(=O)OC(C)(C)C)ccc2N)cc1)(C(C)C)C(C)C. The first-order valence-corrected chi connectivity index (χ1v) is 18.5. The number of hydrogen-bond acceptors (Lipinski definition) is 5. The van der Waals surface area contributed by atoms with Crippen molar-refractivity contribution >= 4 is 25.9 Å². The Balaban J connectivity index is 1.70. The third-order valence-corrected chi connectivity index (χ3v) is 14.6. The monoisotopic (exact) mass is 630 g/mol. The second-order valence-corrected chi connectivity index (χ2v) is 19.4. The molecule has 7 heteroatoms. The molecule has 0 unspecified atom stereocenters. The number of anilines is 1. The van der Waals surface area contributed by atoms with Crippen LogP contribution in [-0.2, 0) is 28.8 Å². The molecule has 3 aromatic carbocycles. The van der Waals surface area contributed by atoms with Gasteiger partial charge in [0.05, 0.1) is 0 Å². The van der Waals surface area contributed by atoms with Crippen LogP contribution in [0.3, 0.4) is 0 Å². The van der Waals surface area contributed by atoms with Crippen LogP contribution in [0.5, 0.6) is 5.75 Å². The first-order chi connectivity index (χ1) is 21.1. The fraction of sp³-hybridized carbons (Fsp3) is 0.474. The summed E-state index contributed by atoms with van der Waals surface area (Å²) in [6.45, 7) is 19.2. The van der Waals surface area contributed by atoms with Gasteiger partial charge < -0.3 is 20.2 Å². The van der Waals surface area contributed by atoms with Gasteiger partial charge in [-0.05, 0) is 110 Å². The third kappa shape index (κ3) is 9.95. The fourth-order valence-electron chi connectivity index (χ4n) is 6.34. The van der Waals surface area contributed by atoms with Crippen LogP contribution in [0.2, 0.25) is 16.6 Å². The van der Waals surface area contributed by atoms with Gasteiger partial charge in [-0.1, -0.05) is 84.0 Å². The van der Waals surface area contributed by atoms with Crippen LogP contribution in [0.15, 0.2) is 72.8 Å². The van der Waals surface area contributed by atoms with Gasteiger partial charge in [0.1, 0.15) is 17.4 Å². The van der Waals surface area contributed by atoms with Crippen molar-refractivity contribution in [2.24, 2.45) is 0 Å². The van der Waals surface area contributed by atoms with Crippen LogP contribution < -0.4 is 15.5 Å². The Bertz CT molecular complexity index is 1370. The van der Waals surface area contributed by atoms with Crippen LogP contribution in [0.1, 0.15) is 95.8 Å². The normalized spacial score (nSPS) is 12.8. The zero-order valence-electron chi connectivity index (χ0n) is 28.8. The minimum Gasteiger partial charge on any atom is -0.543 e. The maximum atomic E-state index is 13.4. The van der Waals surface area contributed by atoms with Crippen molar-refractivity contribution in [1.82, 2.24) is 5.32 Å². The van der Waals surface area contributed by atoms with E-state index in [0.717, 1.165) is 23.3 Å². The Labute approximate surface area is 272 Å². The lowest BCUT2D eigenvalue weighted by atomic mass is 10.00. The van der Waals surface area contributed by atoms with Gasteiger partial charge in [0.2, 0.25) is 0 Å². The van der Waals surface area contributed by atoms with Crippen molar-refractivity contribution < 1.29 is 18.8 Å². The molecule has 0 saturated carbocycles. The molecule has 45 heavy (non-hydrogen) atoms. The zero-order valence-corrected chi connectivity index (χ0v) is 29.8. The summed E-state index contributed by atoms with van der Waals surface area (Å²) in [5.74, 6) is 0.172. The van der Waals surface area contributed by atoms with E-state index in [0.29, 0.717) is 47.1 Å². The number of benzene rings is 3. The molecule has 0 aliphatic rings. The number of carbonyl (C=O) groups excluding carboxylic acids is 2. The van der Waals surface area contributed by atoms with E-state index in [-0.39, 0.29) is 5.91 Å². The molecule has 0 aliphatic carbocycles. The average Bonchev–Trinajstić information content (AvgIpc) is 2.97. The third-order valence-electron chi connectivity index (χ3n) is 8.57. The maximum Gasteiger partial charge on any atom is 0.329 e. The number of nitrogen functional groups attached to an aromatic ring is 1. The number of aryl methyl sites for hydroxylation is 3. The summed E-state index contributed by atoms with van der Waals surface area (Å²) >= 11 is 0. The number of amides is 1. The standard InChI is InChI=1S/C38H54N2O4Si/c1-26(2)45(27(3)4,28(5)6)44-33-21-16-30(17-22-33)15-19-31-25-32(20-23-34(31)39)36(41)40-35(37(42)43-38(7,8)9)24-18-29-13-11-10-12-14-29/h10-14,16-17,20-23,25-28,35H,15,18-19,24,39H2,1-9H3,(H,40,41)/t35-/m0/s1. The molecule has 0 saturated heterocycles. The summed E-state index contributed by atoms with van der Waals surface area (Å²) < 4.78 is 12.5. The molecular weight excluding hydrogens is 577 g/mol. The molecule has 3 N–H and O–H groups in total. The van der Waals surface area contributed by atoms with Gasteiger partial charge in [-0.25, -0.2) is 4.79 Å². The average molecular weight is 631 g/mol. The Morgan fingerprint density at radius 3 is 1.91 bits per heavy atom. The van der Waals surface area contributed by atoms with E-state index in [9.17, 15) is 9.59 Å². The molecule has 3 rings (SSSR count). The Hall–Kier alpha value is -3.58. The lowest BCUT2D eigenvalue weighted by molar-refractivity contribution is -0.157. The predicted molar refractivity (Wildman–Crippen MR) is 188 cm³/mol. The molecule has 0 radical (unpaired) electrons. The minimum absolute atomic E-state index is 0.324. The molecule has 0 spiro atoms. The highest BCUT2D eigenvalue weighted by atomic mass is 28.4. The van der Waals surface area contributed by atoms with Crippen molar-refractivity contribution in [3.63, 3.8) is 0 Å². The van der Waals surface area contributed by atoms with E-state index in [4.69, 9.17) is 14.9 Å². The summed E-state index contributed by atoms with van der Waals surface area (Å²) in [7, 11) is -2.02. The number of nitrogens with two attached hydrogens (primary N) is 1. The highest BCUT2D eigenvalue weighted by molar-refractivity contribution is 6.78. The lowest BCUT2D eigenvalue weighted by Gasteiger charge is -2.42. The Kier molecular flexibility index (Phi) is 12.5. The number of esters is 1. The number of ether oxygens (including phenoxy) is 1. The van der Waals surface area contributed by atoms with Crippen molar-refractivity contribution in [3.05, 3.63) is 95.1 Å². The first kappa shape index (κ1) is 35.9. The second kappa shape index (κ2) is 15.6. The first-order valence-electron chi connectivity index (χ1n) is 16.4. The highest BCUT2D eigenvalue weighted by Crippen LogP contribution is 2.42. The smallest absolute Gasteiger partial charge is 0.329 e. The molecular formula is C38H54N2O4Si. The van der Waals surface area contributed by atoms with Gasteiger partial charge in [-0.2, -0.15) is 0 Å². The topological polar surface area (TPSA) is 90.6 Å². The van der Waals surface area contributed by atoms with Gasteiger partial charge in [-0.3, -0.25) is 4.79 Å². The summed E-state index contributed by atoms with van der Waals surface area (Å²) in [4.78, 5) is 26.5. The van der Waals surface area contributed by atoms with Gasteiger partial charge in [0.25, 0.3) is 14.2 Å². The molecule has 6 nitrogen and oxygen atoms in total. The summed E-state index contributed by atoms with van der Waals surface area (Å²) in [5.41, 5.74) is 11.5. The molecule has 1 atom stereocenters. The fourth-order valence-corrected chi connectivity index (χ4v) is 11.6. The molecule has 0 heterocycles. The van der Waals surface area contributed by atoms with E-state index in [1.54, 1.807) is 12.1 Å². The quantitative estimate of drug-likeness (QED) is 0.106. The Morgan fingerprint density at radius 2 is 1.36 bits per heavy atom. The van der Waals surface area contributed by atoms with Crippen LogP contribution >= 0.6 is 0 Å². The zero-order chi connectivity index (χ0) is 33.4. The molecule has 244 valence electrons. The Morgan fingerprint density at radius 1 is 0.778 bits per heavy atom. The predicted octanol–water partition coefficient (Wildman–Crippen LogP) is 8.68. The summed E-state index contributed by atoms with van der Waals surface area (Å²) in [6.07, 6.45) is 2.52. The number of carbonyl (C=O) groups is 2. The molecule has 0 bridgehead atoms. The molecule has 0 aliphatic heterocycles. The number of nitrogens with one attached hydrogen (secondary N) is 1. The van der Waals surface area contributed by atoms with E-state index in [2.05, 4.69) is 71.1 Å². The van der Waals surface area contributed by atoms with E-state index in [1.807, 2.05) is 57.2 Å². The van der Waals surface area contributed by atoms with E-state index in [1.165, 1.54) is 5.56 Å². The van der Waals surface area contributed by atoms with Crippen molar-refractivity contribution in [2.45, 2.75) is 116 Å². The lowest BCUT2D eigenvalue weighted by Crippen LogP contribution is -2.50. The minimum atomic E-state index is -2.02. The summed E-state index contributed by atoms with van der Waals surface area (Å²) in [5, 5.41) is 2.93. The largest absolute Gasteiger partial charge is 0.543 e. The van der Waals surface area contributed by atoms with Crippen molar-refractivity contribution in [2.75, 3.05) is 5.73 Å². The van der Waals surface area contributed by atoms with E-state index >= 15 is 0 Å². The van der Waals surface area contributed by atoms with Gasteiger partial charge in [0.15, 0.2) is 0 Å². The van der Waals surface area contributed by atoms with Crippen molar-refractivity contribution in [1.29, 1.82) is 0 Å².